The summed E-state index contributed by atoms with van der Waals surface area (Å²) < 4.78 is 5.06. The van der Waals surface area contributed by atoms with Crippen LogP contribution in [-0.4, -0.2) is 61.1 Å². The summed E-state index contributed by atoms with van der Waals surface area (Å²) in [6, 6.07) is 16.0. The van der Waals surface area contributed by atoms with Gasteiger partial charge in [0.05, 0.1) is 6.61 Å². The van der Waals surface area contributed by atoms with Crippen LogP contribution in [0, 0.1) is 0 Å². The fourth-order valence-corrected chi connectivity index (χ4v) is 4.76. The van der Waals surface area contributed by atoms with Gasteiger partial charge in [0, 0.05) is 37.4 Å². The number of hydrogen-bond acceptors (Lipinski definition) is 4. The Morgan fingerprint density at radius 1 is 0.917 bits per heavy atom. The molecule has 1 aliphatic rings. The fourth-order valence-electron chi connectivity index (χ4n) is 4.76. The molecule has 1 saturated heterocycles. The molecule has 1 fully saturated rings. The summed E-state index contributed by atoms with van der Waals surface area (Å²) in [6.07, 6.45) is 4.01. The minimum Gasteiger partial charge on any atom is -0.450 e. The molecule has 0 atom stereocenters. The zero-order valence-electron chi connectivity index (χ0n) is 22.3. The van der Waals surface area contributed by atoms with E-state index in [1.54, 1.807) is 6.92 Å². The normalized spacial score (nSPS) is 13.8. The lowest BCUT2D eigenvalue weighted by atomic mass is 9.87. The fraction of sp³-hybridized carbons (Fsp3) is 0.467. The molecule has 0 saturated carbocycles. The molecule has 6 nitrogen and oxygen atoms in total. The minimum atomic E-state index is -0.452. The maximum absolute atomic E-state index is 12.8. The van der Waals surface area contributed by atoms with E-state index in [0.717, 1.165) is 43.6 Å². The Bertz CT molecular complexity index is 1030. The molecule has 1 heterocycles. The van der Waals surface area contributed by atoms with Crippen molar-refractivity contribution in [2.45, 2.75) is 53.4 Å². The highest BCUT2D eigenvalue weighted by atomic mass is 16.5. The van der Waals surface area contributed by atoms with Crippen LogP contribution in [0.1, 0.15) is 74.9 Å². The first kappa shape index (κ1) is 27.5. The molecule has 2 amide bonds. The Morgan fingerprint density at radius 3 is 2.19 bits per heavy atom. The number of amides is 2. The predicted octanol–water partition coefficient (Wildman–Crippen LogP) is 6.43. The largest absolute Gasteiger partial charge is 0.450 e. The number of carbonyl (C=O) groups excluding carboxylic acids is 2. The van der Waals surface area contributed by atoms with Gasteiger partial charge in [0.2, 0.25) is 0 Å². The monoisotopic (exact) mass is 491 g/mol. The summed E-state index contributed by atoms with van der Waals surface area (Å²) in [5.74, 6) is 0.0608. The second kappa shape index (κ2) is 13.8. The Morgan fingerprint density at radius 2 is 1.58 bits per heavy atom. The van der Waals surface area contributed by atoms with Gasteiger partial charge in [-0.15, -0.1) is 0 Å². The van der Waals surface area contributed by atoms with E-state index >= 15 is 0 Å². The lowest BCUT2D eigenvalue weighted by molar-refractivity contribution is 0.0773. The van der Waals surface area contributed by atoms with Crippen LogP contribution in [0.2, 0.25) is 0 Å². The van der Waals surface area contributed by atoms with Crippen molar-refractivity contribution in [2.24, 2.45) is 0 Å². The number of rotatable bonds is 10. The number of nitrogens with one attached hydrogen (secondary N) is 1. The molecule has 0 unspecified atom stereocenters. The molecule has 6 heteroatoms. The van der Waals surface area contributed by atoms with Crippen LogP contribution in [-0.2, 0) is 4.74 Å². The lowest BCUT2D eigenvalue weighted by Gasteiger charge is -2.30. The molecular formula is C30H41N3O3. The predicted molar refractivity (Wildman–Crippen MR) is 147 cm³/mol. The Labute approximate surface area is 216 Å². The number of ether oxygens (including phenoxy) is 1. The number of nitrogens with zero attached hydrogens (tertiary/aromatic N) is 2. The molecule has 0 aromatic heterocycles. The SMILES string of the molecule is CCCCN1CCC(=C(c2ccc(C(=O)N(CC)CC)cc2)c2cccc(NC(=O)OCC)c2)CC1. The molecule has 0 aliphatic carbocycles. The standard InChI is InChI=1S/C30H41N3O3/c1-5-9-19-32-20-17-24(18-21-32)28(26-11-10-12-27(22-26)31-30(35)36-8-4)23-13-15-25(16-14-23)29(34)33(6-2)7-3/h10-16,22H,5-9,17-21H2,1-4H3,(H,31,35). The average Bonchev–Trinajstić information content (AvgIpc) is 2.90. The van der Waals surface area contributed by atoms with Gasteiger partial charge in [-0.3, -0.25) is 10.1 Å². The number of unbranched alkanes of at least 4 members (excludes halogenated alkanes) is 1. The van der Waals surface area contributed by atoms with E-state index in [4.69, 9.17) is 4.74 Å². The second-order valence-electron chi connectivity index (χ2n) is 9.15. The van der Waals surface area contributed by atoms with Crippen molar-refractivity contribution in [3.05, 3.63) is 70.8 Å². The van der Waals surface area contributed by atoms with Gasteiger partial charge >= 0.3 is 6.09 Å². The van der Waals surface area contributed by atoms with Crippen LogP contribution < -0.4 is 5.32 Å². The van der Waals surface area contributed by atoms with E-state index in [0.29, 0.717) is 30.9 Å². The van der Waals surface area contributed by atoms with Crippen molar-refractivity contribution in [1.29, 1.82) is 0 Å². The van der Waals surface area contributed by atoms with Crippen LogP contribution in [0.5, 0.6) is 0 Å². The van der Waals surface area contributed by atoms with Crippen LogP contribution in [0.3, 0.4) is 0 Å². The maximum Gasteiger partial charge on any atom is 0.411 e. The van der Waals surface area contributed by atoms with Crippen molar-refractivity contribution in [1.82, 2.24) is 9.80 Å². The van der Waals surface area contributed by atoms with Crippen molar-refractivity contribution in [3.63, 3.8) is 0 Å². The Hall–Kier alpha value is -3.12. The van der Waals surface area contributed by atoms with E-state index in [9.17, 15) is 9.59 Å². The van der Waals surface area contributed by atoms with Gasteiger partial charge in [-0.2, -0.15) is 0 Å². The van der Waals surface area contributed by atoms with Gasteiger partial charge in [-0.1, -0.05) is 43.2 Å². The zero-order valence-corrected chi connectivity index (χ0v) is 22.3. The smallest absolute Gasteiger partial charge is 0.411 e. The third kappa shape index (κ3) is 7.20. The van der Waals surface area contributed by atoms with Crippen molar-refractivity contribution >= 4 is 23.3 Å². The molecule has 0 bridgehead atoms. The van der Waals surface area contributed by atoms with E-state index in [1.165, 1.54) is 24.0 Å². The van der Waals surface area contributed by atoms with Crippen LogP contribution in [0.4, 0.5) is 10.5 Å². The molecule has 3 rings (SSSR count). The average molecular weight is 492 g/mol. The van der Waals surface area contributed by atoms with E-state index in [1.807, 2.05) is 49.1 Å². The first-order chi connectivity index (χ1) is 17.5. The first-order valence-corrected chi connectivity index (χ1v) is 13.4. The van der Waals surface area contributed by atoms with Gasteiger partial charge < -0.3 is 14.5 Å². The highest BCUT2D eigenvalue weighted by Crippen LogP contribution is 2.34. The summed E-state index contributed by atoms with van der Waals surface area (Å²) in [5, 5.41) is 2.83. The molecule has 1 N–H and O–H groups in total. The second-order valence-corrected chi connectivity index (χ2v) is 9.15. The van der Waals surface area contributed by atoms with Crippen LogP contribution >= 0.6 is 0 Å². The van der Waals surface area contributed by atoms with Gasteiger partial charge in [0.25, 0.3) is 5.91 Å². The number of benzene rings is 2. The summed E-state index contributed by atoms with van der Waals surface area (Å²) >= 11 is 0. The maximum atomic E-state index is 12.8. The van der Waals surface area contributed by atoms with Crippen molar-refractivity contribution < 1.29 is 14.3 Å². The topological polar surface area (TPSA) is 61.9 Å². The van der Waals surface area contributed by atoms with E-state index in [2.05, 4.69) is 35.3 Å². The quantitative estimate of drug-likeness (QED) is 0.416. The number of anilines is 1. The molecule has 0 radical (unpaired) electrons. The number of hydrogen-bond donors (Lipinski definition) is 1. The van der Waals surface area contributed by atoms with Crippen LogP contribution in [0.15, 0.2) is 54.1 Å². The minimum absolute atomic E-state index is 0.0608. The van der Waals surface area contributed by atoms with Crippen molar-refractivity contribution in [2.75, 3.05) is 44.6 Å². The van der Waals surface area contributed by atoms with Crippen LogP contribution in [0.25, 0.3) is 5.57 Å². The highest BCUT2D eigenvalue weighted by Gasteiger charge is 2.20. The molecule has 1 aliphatic heterocycles. The van der Waals surface area contributed by atoms with Gasteiger partial charge in [-0.25, -0.2) is 4.79 Å². The van der Waals surface area contributed by atoms with Gasteiger partial charge in [-0.05, 0) is 87.5 Å². The molecule has 0 spiro atoms. The highest BCUT2D eigenvalue weighted by molar-refractivity contribution is 5.95. The van der Waals surface area contributed by atoms with Gasteiger partial charge in [0.15, 0.2) is 0 Å². The number of likely N-dealkylation sites (tertiary alicyclic amines) is 1. The molecule has 36 heavy (non-hydrogen) atoms. The van der Waals surface area contributed by atoms with E-state index in [-0.39, 0.29) is 5.91 Å². The first-order valence-electron chi connectivity index (χ1n) is 13.4. The number of carbonyl (C=O) groups is 2. The van der Waals surface area contributed by atoms with Crippen molar-refractivity contribution in [3.8, 4) is 0 Å². The summed E-state index contributed by atoms with van der Waals surface area (Å²) in [4.78, 5) is 29.2. The Kier molecular flexibility index (Phi) is 10.6. The third-order valence-electron chi connectivity index (χ3n) is 6.79. The molecule has 2 aromatic rings. The van der Waals surface area contributed by atoms with Gasteiger partial charge in [0.1, 0.15) is 0 Å². The number of piperidine rings is 1. The molecule has 194 valence electrons. The third-order valence-corrected chi connectivity index (χ3v) is 6.79. The Balaban J connectivity index is 1.95. The molecule has 2 aromatic carbocycles. The summed E-state index contributed by atoms with van der Waals surface area (Å²) in [7, 11) is 0. The summed E-state index contributed by atoms with van der Waals surface area (Å²) in [5.41, 5.74) is 6.18. The zero-order chi connectivity index (χ0) is 25.9. The molecular weight excluding hydrogens is 450 g/mol. The lowest BCUT2D eigenvalue weighted by Crippen LogP contribution is -2.32. The summed E-state index contributed by atoms with van der Waals surface area (Å²) in [6.45, 7) is 13.0. The van der Waals surface area contributed by atoms with E-state index < -0.39 is 6.09 Å².